The van der Waals surface area contributed by atoms with Crippen LogP contribution in [-0.2, 0) is 11.2 Å². The Morgan fingerprint density at radius 3 is 2.77 bits per heavy atom. The van der Waals surface area contributed by atoms with Gasteiger partial charge in [0.2, 0.25) is 5.91 Å². The summed E-state index contributed by atoms with van der Waals surface area (Å²) in [5, 5.41) is 4.51. The van der Waals surface area contributed by atoms with Gasteiger partial charge < -0.3 is 20.1 Å². The molecule has 2 atom stereocenters. The average Bonchev–Trinajstić information content (AvgIpc) is 3.37. The third-order valence-electron chi connectivity index (χ3n) is 6.69. The Hall–Kier alpha value is -1.85. The lowest BCUT2D eigenvalue weighted by molar-refractivity contribution is -0.127. The van der Waals surface area contributed by atoms with Crippen LogP contribution in [0.15, 0.2) is 30.5 Å². The Morgan fingerprint density at radius 2 is 1.97 bits per heavy atom. The van der Waals surface area contributed by atoms with E-state index in [-0.39, 0.29) is 11.8 Å². The number of hydrogen-bond acceptors (Lipinski definition) is 3. The van der Waals surface area contributed by atoms with Crippen molar-refractivity contribution in [3.05, 3.63) is 36.0 Å². The molecule has 0 aliphatic carbocycles. The number of piperidine rings is 1. The SMILES string of the molecule is CC(C)CN1C[C@@H](CN2CCCC2)C[C@@H](C(=O)NCCc2c[nH]c3ccccc23)C1. The van der Waals surface area contributed by atoms with E-state index in [0.29, 0.717) is 18.4 Å². The number of H-pyrrole nitrogens is 1. The van der Waals surface area contributed by atoms with Crippen molar-refractivity contribution in [3.63, 3.8) is 0 Å². The summed E-state index contributed by atoms with van der Waals surface area (Å²) < 4.78 is 0. The summed E-state index contributed by atoms with van der Waals surface area (Å²) in [6.07, 6.45) is 6.65. The van der Waals surface area contributed by atoms with Crippen molar-refractivity contribution in [1.29, 1.82) is 0 Å². The number of para-hydroxylation sites is 1. The molecule has 1 aromatic heterocycles. The number of benzene rings is 1. The summed E-state index contributed by atoms with van der Waals surface area (Å²) in [6.45, 7) is 12.0. The Balaban J connectivity index is 1.32. The number of aromatic amines is 1. The van der Waals surface area contributed by atoms with Crippen LogP contribution in [0.2, 0.25) is 0 Å². The third-order valence-corrected chi connectivity index (χ3v) is 6.69. The topological polar surface area (TPSA) is 51.4 Å². The molecule has 4 rings (SSSR count). The molecular weight excluding hydrogens is 372 g/mol. The molecule has 2 fully saturated rings. The van der Waals surface area contributed by atoms with Gasteiger partial charge in [-0.3, -0.25) is 4.79 Å². The van der Waals surface area contributed by atoms with Gasteiger partial charge in [0.05, 0.1) is 5.92 Å². The van der Waals surface area contributed by atoms with E-state index in [9.17, 15) is 4.79 Å². The van der Waals surface area contributed by atoms with Gasteiger partial charge in [-0.2, -0.15) is 0 Å². The molecule has 5 nitrogen and oxygen atoms in total. The van der Waals surface area contributed by atoms with Crippen molar-refractivity contribution < 1.29 is 4.79 Å². The van der Waals surface area contributed by atoms with Crippen molar-refractivity contribution in [2.45, 2.75) is 39.5 Å². The van der Waals surface area contributed by atoms with E-state index in [4.69, 9.17) is 0 Å². The van der Waals surface area contributed by atoms with Crippen LogP contribution in [0.25, 0.3) is 10.9 Å². The summed E-state index contributed by atoms with van der Waals surface area (Å²) in [5.74, 6) is 1.61. The highest BCUT2D eigenvalue weighted by atomic mass is 16.1. The molecule has 2 aliphatic heterocycles. The van der Waals surface area contributed by atoms with Crippen LogP contribution >= 0.6 is 0 Å². The Labute approximate surface area is 181 Å². The van der Waals surface area contributed by atoms with Crippen molar-refractivity contribution >= 4 is 16.8 Å². The lowest BCUT2D eigenvalue weighted by atomic mass is 9.87. The smallest absolute Gasteiger partial charge is 0.224 e. The molecule has 0 radical (unpaired) electrons. The number of hydrogen-bond donors (Lipinski definition) is 2. The molecule has 2 aromatic rings. The van der Waals surface area contributed by atoms with Gasteiger partial charge in [-0.15, -0.1) is 0 Å². The van der Waals surface area contributed by atoms with E-state index >= 15 is 0 Å². The van der Waals surface area contributed by atoms with Gasteiger partial charge in [-0.1, -0.05) is 32.0 Å². The maximum Gasteiger partial charge on any atom is 0.224 e. The number of carbonyl (C=O) groups is 1. The van der Waals surface area contributed by atoms with Gasteiger partial charge in [0.15, 0.2) is 0 Å². The fourth-order valence-corrected chi connectivity index (χ4v) is 5.42. The molecule has 0 spiro atoms. The quantitative estimate of drug-likeness (QED) is 0.700. The lowest BCUT2D eigenvalue weighted by Crippen LogP contribution is -2.49. The predicted octanol–water partition coefficient (Wildman–Crippen LogP) is 3.52. The van der Waals surface area contributed by atoms with Gasteiger partial charge in [0.1, 0.15) is 0 Å². The second-order valence-electron chi connectivity index (χ2n) is 9.82. The average molecular weight is 411 g/mol. The van der Waals surface area contributed by atoms with Gasteiger partial charge in [-0.25, -0.2) is 0 Å². The fourth-order valence-electron chi connectivity index (χ4n) is 5.42. The van der Waals surface area contributed by atoms with Crippen LogP contribution in [0, 0.1) is 17.8 Å². The zero-order chi connectivity index (χ0) is 20.9. The van der Waals surface area contributed by atoms with E-state index in [1.165, 1.54) is 42.4 Å². The van der Waals surface area contributed by atoms with E-state index < -0.39 is 0 Å². The maximum atomic E-state index is 13.0. The number of carbonyl (C=O) groups excluding carboxylic acids is 1. The Kier molecular flexibility index (Phi) is 7.11. The molecule has 30 heavy (non-hydrogen) atoms. The third kappa shape index (κ3) is 5.44. The van der Waals surface area contributed by atoms with Crippen LogP contribution in [0.5, 0.6) is 0 Å². The van der Waals surface area contributed by atoms with E-state index in [1.807, 2.05) is 0 Å². The molecule has 2 saturated heterocycles. The molecule has 5 heteroatoms. The Morgan fingerprint density at radius 1 is 1.17 bits per heavy atom. The lowest BCUT2D eigenvalue weighted by Gasteiger charge is -2.39. The minimum absolute atomic E-state index is 0.119. The summed E-state index contributed by atoms with van der Waals surface area (Å²) in [4.78, 5) is 21.5. The van der Waals surface area contributed by atoms with Crippen molar-refractivity contribution in [3.8, 4) is 0 Å². The van der Waals surface area contributed by atoms with Gasteiger partial charge in [0.25, 0.3) is 0 Å². The molecule has 164 valence electrons. The van der Waals surface area contributed by atoms with Gasteiger partial charge in [0, 0.05) is 49.8 Å². The molecular formula is C25H38N4O. The molecule has 1 amide bonds. The largest absolute Gasteiger partial charge is 0.361 e. The van der Waals surface area contributed by atoms with E-state index in [1.54, 1.807) is 0 Å². The zero-order valence-electron chi connectivity index (χ0n) is 18.7. The van der Waals surface area contributed by atoms with Crippen LogP contribution < -0.4 is 5.32 Å². The van der Waals surface area contributed by atoms with Crippen LogP contribution in [-0.4, -0.2) is 66.5 Å². The van der Waals surface area contributed by atoms with E-state index in [2.05, 4.69) is 64.4 Å². The van der Waals surface area contributed by atoms with Crippen molar-refractivity contribution in [1.82, 2.24) is 20.1 Å². The number of fused-ring (bicyclic) bond motifs is 1. The number of nitrogens with zero attached hydrogens (tertiary/aromatic N) is 2. The molecule has 1 aromatic carbocycles. The van der Waals surface area contributed by atoms with Crippen LogP contribution in [0.3, 0.4) is 0 Å². The highest BCUT2D eigenvalue weighted by Gasteiger charge is 2.32. The van der Waals surface area contributed by atoms with E-state index in [0.717, 1.165) is 39.0 Å². The summed E-state index contributed by atoms with van der Waals surface area (Å²) in [5.41, 5.74) is 2.45. The molecule has 3 heterocycles. The molecule has 2 aliphatic rings. The monoisotopic (exact) mass is 410 g/mol. The van der Waals surface area contributed by atoms with Crippen LogP contribution in [0.4, 0.5) is 0 Å². The highest BCUT2D eigenvalue weighted by molar-refractivity contribution is 5.83. The normalized spacial score (nSPS) is 23.4. The first kappa shape index (κ1) is 21.4. The number of likely N-dealkylation sites (tertiary alicyclic amines) is 2. The summed E-state index contributed by atoms with van der Waals surface area (Å²) in [7, 11) is 0. The first-order valence-electron chi connectivity index (χ1n) is 11.9. The minimum Gasteiger partial charge on any atom is -0.361 e. The first-order valence-corrected chi connectivity index (χ1v) is 11.9. The fraction of sp³-hybridized carbons (Fsp3) is 0.640. The summed E-state index contributed by atoms with van der Waals surface area (Å²) >= 11 is 0. The number of nitrogens with one attached hydrogen (secondary N) is 2. The molecule has 2 N–H and O–H groups in total. The van der Waals surface area contributed by atoms with Crippen molar-refractivity contribution in [2.75, 3.05) is 45.8 Å². The second-order valence-corrected chi connectivity index (χ2v) is 9.82. The standard InChI is InChI=1S/C25H38N4O/c1-19(2)15-29-17-20(16-28-11-5-6-12-28)13-22(18-29)25(30)26-10-9-21-14-27-24-8-4-3-7-23(21)24/h3-4,7-8,14,19-20,22,27H,5-6,9-13,15-18H2,1-2H3,(H,26,30)/t20-,22-/m1/s1. The zero-order valence-corrected chi connectivity index (χ0v) is 18.7. The predicted molar refractivity (Wildman–Crippen MR) is 124 cm³/mol. The minimum atomic E-state index is 0.119. The number of aromatic nitrogens is 1. The highest BCUT2D eigenvalue weighted by Crippen LogP contribution is 2.25. The van der Waals surface area contributed by atoms with Crippen molar-refractivity contribution in [2.24, 2.45) is 17.8 Å². The van der Waals surface area contributed by atoms with Gasteiger partial charge in [-0.05, 0) is 62.2 Å². The molecule has 0 unspecified atom stereocenters. The number of amides is 1. The number of rotatable bonds is 8. The maximum absolute atomic E-state index is 13.0. The first-order chi connectivity index (χ1) is 14.6. The van der Waals surface area contributed by atoms with Crippen LogP contribution in [0.1, 0.15) is 38.7 Å². The molecule has 0 saturated carbocycles. The second kappa shape index (κ2) is 9.97. The Bertz CT molecular complexity index is 823. The molecule has 0 bridgehead atoms. The summed E-state index contributed by atoms with van der Waals surface area (Å²) in [6, 6.07) is 8.37. The van der Waals surface area contributed by atoms with Gasteiger partial charge >= 0.3 is 0 Å².